The van der Waals surface area contributed by atoms with Crippen molar-refractivity contribution in [3.63, 3.8) is 0 Å². The summed E-state index contributed by atoms with van der Waals surface area (Å²) in [6.07, 6.45) is 2.30. The van der Waals surface area contributed by atoms with Crippen LogP contribution in [0.25, 0.3) is 0 Å². The zero-order valence-corrected chi connectivity index (χ0v) is 13.2. The minimum absolute atomic E-state index is 0.00207. The highest BCUT2D eigenvalue weighted by molar-refractivity contribution is 5.95. The average molecular weight is 295 g/mol. The maximum atomic E-state index is 12.2. The Morgan fingerprint density at radius 1 is 1.33 bits per heavy atom. The molecule has 1 aromatic rings. The maximum Gasteiger partial charge on any atom is 0.287 e. The van der Waals surface area contributed by atoms with Gasteiger partial charge in [-0.15, -0.1) is 0 Å². The molecule has 0 aliphatic carbocycles. The van der Waals surface area contributed by atoms with Gasteiger partial charge < -0.3 is 20.0 Å². The quantitative estimate of drug-likeness (QED) is 0.704. The van der Waals surface area contributed by atoms with E-state index < -0.39 is 6.04 Å². The molecule has 21 heavy (non-hydrogen) atoms. The molecule has 1 heterocycles. The van der Waals surface area contributed by atoms with Crippen LogP contribution in [0.1, 0.15) is 30.8 Å². The molecule has 6 heteroatoms. The van der Waals surface area contributed by atoms with Crippen molar-refractivity contribution in [1.82, 2.24) is 15.5 Å². The van der Waals surface area contributed by atoms with E-state index in [1.54, 1.807) is 12.1 Å². The van der Waals surface area contributed by atoms with Crippen LogP contribution in [0.3, 0.4) is 0 Å². The molecule has 2 amide bonds. The van der Waals surface area contributed by atoms with E-state index in [1.807, 2.05) is 27.9 Å². The number of carbonyl (C=O) groups excluding carboxylic acids is 2. The summed E-state index contributed by atoms with van der Waals surface area (Å²) in [6, 6.07) is 2.64. The van der Waals surface area contributed by atoms with Crippen molar-refractivity contribution < 1.29 is 14.0 Å². The number of hydrogen-bond acceptors (Lipinski definition) is 4. The zero-order valence-electron chi connectivity index (χ0n) is 13.2. The van der Waals surface area contributed by atoms with Crippen LogP contribution in [-0.4, -0.2) is 49.9 Å². The SMILES string of the molecule is CC(C)C(NC(=O)c1ccco1)C(=O)NCCCN(C)C. The van der Waals surface area contributed by atoms with Crippen molar-refractivity contribution in [3.8, 4) is 0 Å². The first-order chi connectivity index (χ1) is 9.91. The average Bonchev–Trinajstić information content (AvgIpc) is 2.93. The van der Waals surface area contributed by atoms with E-state index >= 15 is 0 Å². The van der Waals surface area contributed by atoms with E-state index in [-0.39, 0.29) is 23.5 Å². The normalized spacial score (nSPS) is 12.5. The van der Waals surface area contributed by atoms with Crippen LogP contribution in [0.15, 0.2) is 22.8 Å². The smallest absolute Gasteiger partial charge is 0.287 e. The number of carbonyl (C=O) groups is 2. The molecule has 1 rings (SSSR count). The summed E-state index contributed by atoms with van der Waals surface area (Å²) in [7, 11) is 3.98. The molecule has 0 saturated heterocycles. The number of rotatable bonds is 8. The Labute approximate surface area is 125 Å². The lowest BCUT2D eigenvalue weighted by Crippen LogP contribution is -2.50. The second-order valence-corrected chi connectivity index (χ2v) is 5.62. The third kappa shape index (κ3) is 5.99. The third-order valence-corrected chi connectivity index (χ3v) is 3.06. The van der Waals surface area contributed by atoms with Crippen LogP contribution in [0.4, 0.5) is 0 Å². The lowest BCUT2D eigenvalue weighted by Gasteiger charge is -2.21. The molecule has 0 spiro atoms. The standard InChI is InChI=1S/C15H25N3O3/c1-11(2)13(15(20)16-8-6-9-18(3)4)17-14(19)12-7-5-10-21-12/h5,7,10-11,13H,6,8-9H2,1-4H3,(H,16,20)(H,17,19). The van der Waals surface area contributed by atoms with Crippen molar-refractivity contribution in [3.05, 3.63) is 24.2 Å². The van der Waals surface area contributed by atoms with Crippen molar-refractivity contribution in [2.75, 3.05) is 27.2 Å². The summed E-state index contributed by atoms with van der Waals surface area (Å²) in [5.74, 6) is -0.329. The Morgan fingerprint density at radius 2 is 2.05 bits per heavy atom. The van der Waals surface area contributed by atoms with Gasteiger partial charge in [-0.3, -0.25) is 9.59 Å². The Bertz CT molecular complexity index is 441. The van der Waals surface area contributed by atoms with Gasteiger partial charge >= 0.3 is 0 Å². The second kappa shape index (κ2) is 8.46. The van der Waals surface area contributed by atoms with Gasteiger partial charge in [0.25, 0.3) is 5.91 Å². The van der Waals surface area contributed by atoms with E-state index in [9.17, 15) is 9.59 Å². The van der Waals surface area contributed by atoms with Crippen LogP contribution in [0, 0.1) is 5.92 Å². The molecule has 0 bridgehead atoms. The highest BCUT2D eigenvalue weighted by Crippen LogP contribution is 2.05. The maximum absolute atomic E-state index is 12.2. The summed E-state index contributed by atoms with van der Waals surface area (Å²) in [6.45, 7) is 5.29. The van der Waals surface area contributed by atoms with Gasteiger partial charge in [-0.05, 0) is 45.1 Å². The highest BCUT2D eigenvalue weighted by Gasteiger charge is 2.25. The molecule has 1 aromatic heterocycles. The van der Waals surface area contributed by atoms with E-state index in [4.69, 9.17) is 4.42 Å². The summed E-state index contributed by atoms with van der Waals surface area (Å²) in [5, 5.41) is 5.57. The number of nitrogens with one attached hydrogen (secondary N) is 2. The molecular weight excluding hydrogens is 270 g/mol. The Hall–Kier alpha value is -1.82. The number of hydrogen-bond donors (Lipinski definition) is 2. The first-order valence-corrected chi connectivity index (χ1v) is 7.18. The number of nitrogens with zero attached hydrogens (tertiary/aromatic N) is 1. The first-order valence-electron chi connectivity index (χ1n) is 7.18. The highest BCUT2D eigenvalue weighted by atomic mass is 16.3. The van der Waals surface area contributed by atoms with E-state index in [1.165, 1.54) is 6.26 Å². The minimum atomic E-state index is -0.568. The fraction of sp³-hybridized carbons (Fsp3) is 0.600. The molecule has 1 unspecified atom stereocenters. The van der Waals surface area contributed by atoms with Crippen LogP contribution >= 0.6 is 0 Å². The Kier molecular flexibility index (Phi) is 6.94. The van der Waals surface area contributed by atoms with Gasteiger partial charge in [0.15, 0.2) is 5.76 Å². The summed E-state index contributed by atoms with van der Waals surface area (Å²) in [5.41, 5.74) is 0. The van der Waals surface area contributed by atoms with Crippen molar-refractivity contribution in [2.24, 2.45) is 5.92 Å². The molecule has 0 aliphatic rings. The van der Waals surface area contributed by atoms with Crippen LogP contribution in [0.5, 0.6) is 0 Å². The van der Waals surface area contributed by atoms with Crippen molar-refractivity contribution in [1.29, 1.82) is 0 Å². The molecule has 2 N–H and O–H groups in total. The van der Waals surface area contributed by atoms with Crippen molar-refractivity contribution >= 4 is 11.8 Å². The fourth-order valence-corrected chi connectivity index (χ4v) is 1.87. The third-order valence-electron chi connectivity index (χ3n) is 3.06. The van der Waals surface area contributed by atoms with Crippen LogP contribution in [-0.2, 0) is 4.79 Å². The van der Waals surface area contributed by atoms with Crippen LogP contribution in [0.2, 0.25) is 0 Å². The largest absolute Gasteiger partial charge is 0.459 e. The summed E-state index contributed by atoms with van der Waals surface area (Å²) >= 11 is 0. The lowest BCUT2D eigenvalue weighted by atomic mass is 10.0. The first kappa shape index (κ1) is 17.2. The Balaban J connectivity index is 2.48. The zero-order chi connectivity index (χ0) is 15.8. The van der Waals surface area contributed by atoms with Gasteiger partial charge in [0, 0.05) is 6.54 Å². The number of furan rings is 1. The second-order valence-electron chi connectivity index (χ2n) is 5.62. The lowest BCUT2D eigenvalue weighted by molar-refractivity contribution is -0.123. The van der Waals surface area contributed by atoms with Gasteiger partial charge in [0.1, 0.15) is 6.04 Å². The van der Waals surface area contributed by atoms with E-state index in [2.05, 4.69) is 15.5 Å². The van der Waals surface area contributed by atoms with E-state index in [0.717, 1.165) is 13.0 Å². The summed E-state index contributed by atoms with van der Waals surface area (Å²) in [4.78, 5) is 26.2. The van der Waals surface area contributed by atoms with Crippen LogP contribution < -0.4 is 10.6 Å². The minimum Gasteiger partial charge on any atom is -0.459 e. The van der Waals surface area contributed by atoms with Crippen molar-refractivity contribution in [2.45, 2.75) is 26.3 Å². The summed E-state index contributed by atoms with van der Waals surface area (Å²) < 4.78 is 5.03. The van der Waals surface area contributed by atoms with Gasteiger partial charge in [-0.2, -0.15) is 0 Å². The fourth-order valence-electron chi connectivity index (χ4n) is 1.87. The topological polar surface area (TPSA) is 74.6 Å². The van der Waals surface area contributed by atoms with Gasteiger partial charge in [-0.25, -0.2) is 0 Å². The molecule has 1 atom stereocenters. The molecule has 0 aliphatic heterocycles. The monoisotopic (exact) mass is 295 g/mol. The molecule has 0 aromatic carbocycles. The molecule has 118 valence electrons. The predicted octanol–water partition coefficient (Wildman–Crippen LogP) is 1.10. The van der Waals surface area contributed by atoms with Gasteiger partial charge in [0.2, 0.25) is 5.91 Å². The molecule has 0 saturated carbocycles. The predicted molar refractivity (Wildman–Crippen MR) is 81.0 cm³/mol. The molecule has 0 fully saturated rings. The van der Waals surface area contributed by atoms with E-state index in [0.29, 0.717) is 6.54 Å². The molecular formula is C15H25N3O3. The van der Waals surface area contributed by atoms with Gasteiger partial charge in [0.05, 0.1) is 6.26 Å². The molecule has 0 radical (unpaired) electrons. The number of amides is 2. The Morgan fingerprint density at radius 3 is 2.57 bits per heavy atom. The molecule has 6 nitrogen and oxygen atoms in total. The van der Waals surface area contributed by atoms with Gasteiger partial charge in [-0.1, -0.05) is 13.8 Å².